The minimum atomic E-state index is -0.967. The van der Waals surface area contributed by atoms with Crippen LogP contribution < -0.4 is 0 Å². The minimum absolute atomic E-state index is 0. The Hall–Kier alpha value is -1.20. The molecule has 0 radical (unpaired) electrons. The summed E-state index contributed by atoms with van der Waals surface area (Å²) in [5.41, 5.74) is -0.0455. The smallest absolute Gasteiger partial charge is 0.308 e. The predicted octanol–water partition coefficient (Wildman–Crippen LogP) is 3.29. The number of hydrogen-bond acceptors (Lipinski definition) is 2. The Balaban J connectivity index is 0.00000220. The normalized spacial score (nSPS) is 22.9. The Morgan fingerprint density at radius 1 is 1.29 bits per heavy atom. The van der Waals surface area contributed by atoms with Gasteiger partial charge in [-0.05, 0) is 32.4 Å². The van der Waals surface area contributed by atoms with Crippen molar-refractivity contribution in [2.75, 3.05) is 13.1 Å². The van der Waals surface area contributed by atoms with E-state index in [-0.39, 0.29) is 23.5 Å². The highest BCUT2D eigenvalue weighted by molar-refractivity contribution is 5.85. The third-order valence-electron chi connectivity index (χ3n) is 3.97. The van der Waals surface area contributed by atoms with Crippen molar-refractivity contribution in [3.05, 3.63) is 35.4 Å². The minimum Gasteiger partial charge on any atom is -0.481 e. The molecule has 0 amide bonds. The Morgan fingerprint density at radius 3 is 2.43 bits per heavy atom. The van der Waals surface area contributed by atoms with Gasteiger partial charge in [-0.3, -0.25) is 9.69 Å². The summed E-state index contributed by atoms with van der Waals surface area (Å²) >= 11 is 0. The van der Waals surface area contributed by atoms with Crippen molar-refractivity contribution in [3.8, 4) is 0 Å². The second kappa shape index (κ2) is 6.28. The highest BCUT2D eigenvalue weighted by Crippen LogP contribution is 2.37. The van der Waals surface area contributed by atoms with Crippen LogP contribution in [0.25, 0.3) is 0 Å². The third-order valence-corrected chi connectivity index (χ3v) is 3.97. The van der Waals surface area contributed by atoms with E-state index in [1.807, 2.05) is 25.7 Å². The summed E-state index contributed by atoms with van der Waals surface area (Å²) in [6.07, 6.45) is 0. The zero-order valence-electron chi connectivity index (χ0n) is 12.3. The Morgan fingerprint density at radius 2 is 1.90 bits per heavy atom. The number of likely N-dealkylation sites (tertiary alicyclic amines) is 1. The molecule has 6 heteroatoms. The number of nitrogens with zero attached hydrogens (tertiary/aromatic N) is 1. The summed E-state index contributed by atoms with van der Waals surface area (Å²) in [7, 11) is 0. The van der Waals surface area contributed by atoms with Crippen LogP contribution in [-0.4, -0.2) is 34.6 Å². The molecule has 0 bridgehead atoms. The number of hydrogen-bond donors (Lipinski definition) is 1. The van der Waals surface area contributed by atoms with Crippen LogP contribution in [0, 0.1) is 17.6 Å². The summed E-state index contributed by atoms with van der Waals surface area (Å²) in [6, 6.07) is 3.95. The standard InChI is InChI=1S/C15H19F2NO2.ClH/c1-15(2,3)18-7-10(11(8-18)14(19)20)9-5-4-6-12(16)13(9)17;/h4-6,10-11H,7-8H2,1-3H3,(H,19,20);1H/t10-,11+;/m0./s1. The van der Waals surface area contributed by atoms with Crippen LogP contribution in [0.15, 0.2) is 18.2 Å². The van der Waals surface area contributed by atoms with Crippen LogP contribution in [0.5, 0.6) is 0 Å². The molecular weight excluding hydrogens is 300 g/mol. The van der Waals surface area contributed by atoms with Crippen LogP contribution in [0.3, 0.4) is 0 Å². The summed E-state index contributed by atoms with van der Waals surface area (Å²) in [5, 5.41) is 9.35. The molecule has 21 heavy (non-hydrogen) atoms. The summed E-state index contributed by atoms with van der Waals surface area (Å²) in [4.78, 5) is 13.4. The van der Waals surface area contributed by atoms with E-state index in [0.717, 1.165) is 6.07 Å². The van der Waals surface area contributed by atoms with Crippen LogP contribution in [-0.2, 0) is 4.79 Å². The molecule has 1 aliphatic rings. The van der Waals surface area contributed by atoms with E-state index in [1.165, 1.54) is 12.1 Å². The number of halogens is 3. The molecule has 0 aromatic heterocycles. The van der Waals surface area contributed by atoms with E-state index in [1.54, 1.807) is 0 Å². The molecule has 118 valence electrons. The SMILES string of the molecule is CC(C)(C)N1C[C@@H](C(=O)O)[C@H](c2cccc(F)c2F)C1.Cl. The lowest BCUT2D eigenvalue weighted by Crippen LogP contribution is -2.40. The molecule has 0 spiro atoms. The van der Waals surface area contributed by atoms with Crippen molar-refractivity contribution >= 4 is 18.4 Å². The molecule has 0 saturated carbocycles. The molecule has 2 atom stereocenters. The maximum Gasteiger partial charge on any atom is 0.308 e. The van der Waals surface area contributed by atoms with Gasteiger partial charge in [-0.25, -0.2) is 8.78 Å². The zero-order chi connectivity index (χ0) is 15.1. The lowest BCUT2D eigenvalue weighted by molar-refractivity contribution is -0.141. The highest BCUT2D eigenvalue weighted by atomic mass is 35.5. The van der Waals surface area contributed by atoms with Crippen LogP contribution >= 0.6 is 12.4 Å². The summed E-state index contributed by atoms with van der Waals surface area (Å²) in [6.45, 7) is 6.71. The van der Waals surface area contributed by atoms with Crippen LogP contribution in [0.1, 0.15) is 32.3 Å². The fourth-order valence-corrected chi connectivity index (χ4v) is 2.72. The van der Waals surface area contributed by atoms with Gasteiger partial charge in [-0.2, -0.15) is 0 Å². The number of carboxylic acid groups (broad SMARTS) is 1. The zero-order valence-corrected chi connectivity index (χ0v) is 13.1. The van der Waals surface area contributed by atoms with Crippen molar-refractivity contribution in [2.45, 2.75) is 32.2 Å². The maximum absolute atomic E-state index is 13.9. The average molecular weight is 320 g/mol. The van der Waals surface area contributed by atoms with Crippen molar-refractivity contribution in [1.82, 2.24) is 4.90 Å². The second-order valence-corrected chi connectivity index (χ2v) is 6.27. The maximum atomic E-state index is 13.9. The molecule has 1 N–H and O–H groups in total. The van der Waals surface area contributed by atoms with Gasteiger partial charge < -0.3 is 5.11 Å². The Bertz CT molecular complexity index is 531. The first-order chi connectivity index (χ1) is 9.21. The van der Waals surface area contributed by atoms with Gasteiger partial charge in [0.15, 0.2) is 11.6 Å². The van der Waals surface area contributed by atoms with E-state index in [9.17, 15) is 18.7 Å². The Kier molecular flexibility index (Phi) is 5.34. The highest BCUT2D eigenvalue weighted by Gasteiger charge is 2.43. The number of benzene rings is 1. The quantitative estimate of drug-likeness (QED) is 0.909. The van der Waals surface area contributed by atoms with E-state index < -0.39 is 29.4 Å². The largest absolute Gasteiger partial charge is 0.481 e. The monoisotopic (exact) mass is 319 g/mol. The molecule has 2 rings (SSSR count). The van der Waals surface area contributed by atoms with E-state index in [4.69, 9.17) is 0 Å². The molecule has 1 saturated heterocycles. The predicted molar refractivity (Wildman–Crippen MR) is 78.8 cm³/mol. The Labute approximate surface area is 129 Å². The van der Waals surface area contributed by atoms with E-state index in [2.05, 4.69) is 0 Å². The van der Waals surface area contributed by atoms with Crippen molar-refractivity contribution < 1.29 is 18.7 Å². The van der Waals surface area contributed by atoms with E-state index in [0.29, 0.717) is 13.1 Å². The van der Waals surface area contributed by atoms with Gasteiger partial charge in [-0.15, -0.1) is 12.4 Å². The van der Waals surface area contributed by atoms with Gasteiger partial charge in [0.1, 0.15) is 0 Å². The first kappa shape index (κ1) is 17.9. The van der Waals surface area contributed by atoms with Gasteiger partial charge >= 0.3 is 5.97 Å². The second-order valence-electron chi connectivity index (χ2n) is 6.27. The molecule has 0 unspecified atom stereocenters. The summed E-state index contributed by atoms with van der Waals surface area (Å²) in [5.74, 6) is -4.07. The molecule has 3 nitrogen and oxygen atoms in total. The number of rotatable bonds is 2. The van der Waals surface area contributed by atoms with Gasteiger partial charge in [0, 0.05) is 24.5 Å². The molecule has 1 fully saturated rings. The van der Waals surface area contributed by atoms with Crippen molar-refractivity contribution in [2.24, 2.45) is 5.92 Å². The topological polar surface area (TPSA) is 40.5 Å². The van der Waals surface area contributed by atoms with Gasteiger partial charge in [0.25, 0.3) is 0 Å². The summed E-state index contributed by atoms with van der Waals surface area (Å²) < 4.78 is 27.3. The van der Waals surface area contributed by atoms with Crippen LogP contribution in [0.4, 0.5) is 8.78 Å². The van der Waals surface area contributed by atoms with Gasteiger partial charge in [0.05, 0.1) is 5.92 Å². The number of carbonyl (C=O) groups is 1. The van der Waals surface area contributed by atoms with Crippen molar-refractivity contribution in [1.29, 1.82) is 0 Å². The first-order valence-corrected chi connectivity index (χ1v) is 6.63. The molecule has 1 aliphatic heterocycles. The molecule has 0 aliphatic carbocycles. The van der Waals surface area contributed by atoms with Crippen molar-refractivity contribution in [3.63, 3.8) is 0 Å². The fourth-order valence-electron chi connectivity index (χ4n) is 2.72. The number of aliphatic carboxylic acids is 1. The van der Waals surface area contributed by atoms with Gasteiger partial charge in [0.2, 0.25) is 0 Å². The average Bonchev–Trinajstić information content (AvgIpc) is 2.77. The number of carboxylic acids is 1. The molecule has 1 heterocycles. The lowest BCUT2D eigenvalue weighted by Gasteiger charge is -2.31. The van der Waals surface area contributed by atoms with Crippen LogP contribution in [0.2, 0.25) is 0 Å². The first-order valence-electron chi connectivity index (χ1n) is 6.63. The molecule has 1 aromatic rings. The van der Waals surface area contributed by atoms with E-state index >= 15 is 0 Å². The third kappa shape index (κ3) is 3.52. The molecule has 1 aromatic carbocycles. The fraction of sp³-hybridized carbons (Fsp3) is 0.533. The van der Waals surface area contributed by atoms with Gasteiger partial charge in [-0.1, -0.05) is 12.1 Å². The molecular formula is C15H20ClF2NO2. The lowest BCUT2D eigenvalue weighted by atomic mass is 9.88.